The third kappa shape index (κ3) is 3.10. The molecule has 0 rings (SSSR count). The Hall–Kier alpha value is -1.42. The third-order valence-corrected chi connectivity index (χ3v) is 2.25. The van der Waals surface area contributed by atoms with Gasteiger partial charge in [-0.1, -0.05) is 6.58 Å². The van der Waals surface area contributed by atoms with E-state index in [2.05, 4.69) is 11.3 Å². The van der Waals surface area contributed by atoms with E-state index >= 15 is 0 Å². The molecule has 0 aromatic heterocycles. The Balaban J connectivity index is 5.73. The van der Waals surface area contributed by atoms with Gasteiger partial charge in [-0.15, -0.1) is 0 Å². The molecule has 11 heteroatoms. The number of carbonyl (C=O) groups excluding carboxylic acids is 1. The quantitative estimate of drug-likeness (QED) is 0.418. The number of alkyl halides is 9. The average Bonchev–Trinajstić information content (AvgIpc) is 2.26. The summed E-state index contributed by atoms with van der Waals surface area (Å²) in [6, 6.07) is 0. The lowest BCUT2D eigenvalue weighted by atomic mass is 10.0. The second-order valence-electron chi connectivity index (χ2n) is 4.07. The van der Waals surface area contributed by atoms with Crippen molar-refractivity contribution in [2.45, 2.75) is 43.9 Å². The number of ether oxygens (including phenoxy) is 1. The van der Waals surface area contributed by atoms with Crippen molar-refractivity contribution >= 4 is 5.97 Å². The second-order valence-corrected chi connectivity index (χ2v) is 4.07. The van der Waals surface area contributed by atoms with Crippen LogP contribution < -0.4 is 0 Å². The maximum atomic E-state index is 13.0. The summed E-state index contributed by atoms with van der Waals surface area (Å²) in [5, 5.41) is 0. The Morgan fingerprint density at radius 1 is 1.00 bits per heavy atom. The molecular weight excluding hydrogens is 323 g/mol. The molecule has 0 saturated heterocycles. The Morgan fingerprint density at radius 2 is 1.38 bits per heavy atom. The molecule has 0 aromatic rings. The molecule has 0 N–H and O–H groups in total. The predicted octanol–water partition coefficient (Wildman–Crippen LogP) is 3.96. The van der Waals surface area contributed by atoms with Crippen molar-refractivity contribution in [2.24, 2.45) is 0 Å². The average molecular weight is 332 g/mol. The van der Waals surface area contributed by atoms with Crippen LogP contribution in [0.15, 0.2) is 12.2 Å². The van der Waals surface area contributed by atoms with E-state index in [0.29, 0.717) is 6.92 Å². The summed E-state index contributed by atoms with van der Waals surface area (Å²) in [5.41, 5.74) is -0.876. The van der Waals surface area contributed by atoms with Crippen molar-refractivity contribution in [1.82, 2.24) is 0 Å². The molecule has 2 nitrogen and oxygen atoms in total. The van der Waals surface area contributed by atoms with E-state index in [9.17, 15) is 44.3 Å². The van der Waals surface area contributed by atoms with Crippen molar-refractivity contribution in [3.8, 4) is 0 Å². The summed E-state index contributed by atoms with van der Waals surface area (Å²) in [4.78, 5) is 10.7. The number of rotatable bonds is 6. The fourth-order valence-corrected chi connectivity index (χ4v) is 0.910. The molecule has 0 aliphatic heterocycles. The first-order valence-electron chi connectivity index (χ1n) is 5.06. The fourth-order valence-electron chi connectivity index (χ4n) is 0.910. The van der Waals surface area contributed by atoms with E-state index in [1.165, 1.54) is 0 Å². The van der Waals surface area contributed by atoms with Crippen LogP contribution in [0.2, 0.25) is 0 Å². The van der Waals surface area contributed by atoms with Crippen molar-refractivity contribution in [1.29, 1.82) is 0 Å². The van der Waals surface area contributed by atoms with Gasteiger partial charge in [-0.05, 0) is 13.8 Å². The SMILES string of the molecule is C=C(C)C(=O)OC(F)(F)C(F)(F)C(F)(F)C(F)(F)C(C)F. The van der Waals surface area contributed by atoms with Gasteiger partial charge in [0, 0.05) is 5.57 Å². The highest BCUT2D eigenvalue weighted by Gasteiger charge is 2.83. The Morgan fingerprint density at radius 3 is 1.67 bits per heavy atom. The Labute approximate surface area is 112 Å². The van der Waals surface area contributed by atoms with Crippen LogP contribution in [0, 0.1) is 0 Å². The zero-order chi connectivity index (χ0) is 17.4. The van der Waals surface area contributed by atoms with Crippen LogP contribution in [0.25, 0.3) is 0 Å². The summed E-state index contributed by atoms with van der Waals surface area (Å²) in [5.74, 6) is -22.0. The first-order chi connectivity index (χ1) is 9.02. The predicted molar refractivity (Wildman–Crippen MR) is 51.3 cm³/mol. The van der Waals surface area contributed by atoms with Gasteiger partial charge in [0.05, 0.1) is 0 Å². The monoisotopic (exact) mass is 332 g/mol. The summed E-state index contributed by atoms with van der Waals surface area (Å²) >= 11 is 0. The largest absolute Gasteiger partial charge is 0.473 e. The molecule has 0 amide bonds. The first-order valence-corrected chi connectivity index (χ1v) is 5.06. The van der Waals surface area contributed by atoms with Gasteiger partial charge in [-0.25, -0.2) is 9.18 Å². The van der Waals surface area contributed by atoms with Crippen LogP contribution in [-0.2, 0) is 9.53 Å². The Bertz CT molecular complexity index is 428. The highest BCUT2D eigenvalue weighted by molar-refractivity contribution is 5.87. The number of hydrogen-bond acceptors (Lipinski definition) is 2. The molecule has 0 bridgehead atoms. The molecule has 0 radical (unpaired) electrons. The van der Waals surface area contributed by atoms with E-state index in [1.807, 2.05) is 0 Å². The lowest BCUT2D eigenvalue weighted by Crippen LogP contribution is -2.65. The number of hydrogen-bond donors (Lipinski definition) is 0. The molecule has 0 saturated carbocycles. The molecule has 0 aliphatic rings. The van der Waals surface area contributed by atoms with Gasteiger partial charge < -0.3 is 4.74 Å². The number of carbonyl (C=O) groups is 1. The first kappa shape index (κ1) is 19.6. The molecule has 1 atom stereocenters. The summed E-state index contributed by atoms with van der Waals surface area (Å²) < 4.78 is 118. The van der Waals surface area contributed by atoms with Gasteiger partial charge in [0.25, 0.3) is 0 Å². The second kappa shape index (κ2) is 5.41. The van der Waals surface area contributed by atoms with Crippen LogP contribution in [0.5, 0.6) is 0 Å². The van der Waals surface area contributed by atoms with Gasteiger partial charge in [0.1, 0.15) is 0 Å². The zero-order valence-corrected chi connectivity index (χ0v) is 10.5. The Kier molecular flexibility index (Phi) is 5.04. The fraction of sp³-hybridized carbons (Fsp3) is 0.700. The third-order valence-electron chi connectivity index (χ3n) is 2.25. The molecule has 0 aliphatic carbocycles. The topological polar surface area (TPSA) is 26.3 Å². The highest BCUT2D eigenvalue weighted by Crippen LogP contribution is 2.54. The summed E-state index contributed by atoms with van der Waals surface area (Å²) in [6.45, 7) is 3.21. The molecule has 0 spiro atoms. The highest BCUT2D eigenvalue weighted by atomic mass is 19.4. The lowest BCUT2D eigenvalue weighted by molar-refractivity contribution is -0.420. The number of halogens is 9. The van der Waals surface area contributed by atoms with Crippen LogP contribution in [0.4, 0.5) is 39.5 Å². The van der Waals surface area contributed by atoms with Gasteiger partial charge >= 0.3 is 29.8 Å². The summed E-state index contributed by atoms with van der Waals surface area (Å²) in [7, 11) is 0. The van der Waals surface area contributed by atoms with Crippen molar-refractivity contribution < 1.29 is 49.0 Å². The zero-order valence-electron chi connectivity index (χ0n) is 10.5. The van der Waals surface area contributed by atoms with E-state index in [4.69, 9.17) is 0 Å². The maximum absolute atomic E-state index is 13.0. The van der Waals surface area contributed by atoms with Crippen LogP contribution in [0.3, 0.4) is 0 Å². The van der Waals surface area contributed by atoms with Crippen molar-refractivity contribution in [2.75, 3.05) is 0 Å². The standard InChI is InChI=1S/C10H9F9O2/c1-4(2)6(20)21-10(18,19)9(16,17)8(14,15)7(12,13)5(3)11/h5H,1H2,2-3H3. The van der Waals surface area contributed by atoms with Crippen molar-refractivity contribution in [3.05, 3.63) is 12.2 Å². The molecule has 0 aromatic carbocycles. The van der Waals surface area contributed by atoms with E-state index in [1.54, 1.807) is 0 Å². The minimum Gasteiger partial charge on any atom is -0.393 e. The maximum Gasteiger partial charge on any atom is 0.473 e. The lowest BCUT2D eigenvalue weighted by Gasteiger charge is -2.36. The molecule has 124 valence electrons. The van der Waals surface area contributed by atoms with Gasteiger partial charge in [0.2, 0.25) is 0 Å². The smallest absolute Gasteiger partial charge is 0.393 e. The minimum atomic E-state index is -6.87. The van der Waals surface area contributed by atoms with E-state index in [0.717, 1.165) is 0 Å². The molecule has 21 heavy (non-hydrogen) atoms. The van der Waals surface area contributed by atoms with Crippen LogP contribution in [-0.4, -0.2) is 36.0 Å². The summed E-state index contributed by atoms with van der Waals surface area (Å²) in [6.07, 6.45) is -10.2. The number of esters is 1. The minimum absolute atomic E-state index is 0.220. The molecular formula is C10H9F9O2. The normalized spacial score (nSPS) is 15.6. The molecule has 1 unspecified atom stereocenters. The molecule has 0 heterocycles. The van der Waals surface area contributed by atoms with Crippen LogP contribution >= 0.6 is 0 Å². The van der Waals surface area contributed by atoms with E-state index in [-0.39, 0.29) is 6.92 Å². The van der Waals surface area contributed by atoms with Gasteiger partial charge in [-0.2, -0.15) is 35.1 Å². The molecule has 0 fully saturated rings. The van der Waals surface area contributed by atoms with Gasteiger partial charge in [0.15, 0.2) is 6.17 Å². The van der Waals surface area contributed by atoms with Crippen molar-refractivity contribution in [3.63, 3.8) is 0 Å². The van der Waals surface area contributed by atoms with Gasteiger partial charge in [-0.3, -0.25) is 0 Å². The van der Waals surface area contributed by atoms with E-state index < -0.39 is 41.6 Å². The van der Waals surface area contributed by atoms with Crippen LogP contribution in [0.1, 0.15) is 13.8 Å².